The molecule has 1 aromatic carbocycles. The van der Waals surface area contributed by atoms with Gasteiger partial charge in [-0.2, -0.15) is 5.10 Å². The van der Waals surface area contributed by atoms with Gasteiger partial charge >= 0.3 is 0 Å². The molecule has 1 amide bonds. The Morgan fingerprint density at radius 2 is 2.17 bits per heavy atom. The number of nitrogens with one attached hydrogen (secondary N) is 1. The van der Waals surface area contributed by atoms with Crippen molar-refractivity contribution in [1.82, 2.24) is 15.1 Å². The number of benzene rings is 1. The van der Waals surface area contributed by atoms with Crippen LogP contribution in [0, 0.1) is 5.82 Å². The van der Waals surface area contributed by atoms with Crippen LogP contribution in [0.2, 0.25) is 0 Å². The molecular formula is C17H18FN3O2. The van der Waals surface area contributed by atoms with Crippen molar-refractivity contribution in [3.63, 3.8) is 0 Å². The number of aliphatic hydroxyl groups is 1. The van der Waals surface area contributed by atoms with E-state index >= 15 is 0 Å². The summed E-state index contributed by atoms with van der Waals surface area (Å²) in [4.78, 5) is 14.3. The van der Waals surface area contributed by atoms with Crippen LogP contribution in [0.15, 0.2) is 30.3 Å². The van der Waals surface area contributed by atoms with E-state index in [1.54, 1.807) is 23.1 Å². The monoisotopic (exact) mass is 315 g/mol. The van der Waals surface area contributed by atoms with Crippen LogP contribution in [0.4, 0.5) is 4.39 Å². The summed E-state index contributed by atoms with van der Waals surface area (Å²) < 4.78 is 13.5. The summed E-state index contributed by atoms with van der Waals surface area (Å²) in [6, 6.07) is 7.67. The third-order valence-electron chi connectivity index (χ3n) is 4.61. The van der Waals surface area contributed by atoms with Crippen molar-refractivity contribution in [1.29, 1.82) is 0 Å². The molecule has 23 heavy (non-hydrogen) atoms. The molecule has 2 heterocycles. The molecular weight excluding hydrogens is 297 g/mol. The maximum Gasteiger partial charge on any atom is 0.274 e. The van der Waals surface area contributed by atoms with Crippen molar-refractivity contribution in [3.8, 4) is 0 Å². The van der Waals surface area contributed by atoms with Crippen molar-refractivity contribution in [3.05, 3.63) is 53.1 Å². The molecule has 2 aliphatic rings. The molecule has 2 fully saturated rings. The molecule has 5 nitrogen and oxygen atoms in total. The fourth-order valence-electron chi connectivity index (χ4n) is 3.26. The Morgan fingerprint density at radius 1 is 1.35 bits per heavy atom. The van der Waals surface area contributed by atoms with Gasteiger partial charge in [-0.25, -0.2) is 4.39 Å². The number of amides is 1. The lowest BCUT2D eigenvalue weighted by Crippen LogP contribution is -2.32. The molecule has 1 saturated carbocycles. The van der Waals surface area contributed by atoms with Crippen LogP contribution in [0.3, 0.4) is 0 Å². The van der Waals surface area contributed by atoms with Gasteiger partial charge < -0.3 is 10.0 Å². The first-order chi connectivity index (χ1) is 11.1. The highest BCUT2D eigenvalue weighted by atomic mass is 19.1. The number of carbonyl (C=O) groups excluding carboxylic acids is 1. The first-order valence-corrected chi connectivity index (χ1v) is 7.91. The predicted molar refractivity (Wildman–Crippen MR) is 81.4 cm³/mol. The Labute approximate surface area is 133 Å². The van der Waals surface area contributed by atoms with E-state index in [1.807, 2.05) is 0 Å². The molecule has 1 saturated heterocycles. The minimum atomic E-state index is -0.603. The molecule has 4 rings (SSSR count). The summed E-state index contributed by atoms with van der Waals surface area (Å²) in [5, 5.41) is 17.0. The zero-order valence-electron chi connectivity index (χ0n) is 12.6. The van der Waals surface area contributed by atoms with Crippen molar-refractivity contribution in [2.45, 2.75) is 37.3 Å². The number of aromatic nitrogens is 2. The van der Waals surface area contributed by atoms with Crippen LogP contribution in [0.25, 0.3) is 0 Å². The van der Waals surface area contributed by atoms with Crippen molar-refractivity contribution in [2.75, 3.05) is 6.54 Å². The second-order valence-corrected chi connectivity index (χ2v) is 6.40. The zero-order chi connectivity index (χ0) is 16.0. The summed E-state index contributed by atoms with van der Waals surface area (Å²) in [5.74, 6) is -0.0710. The number of hydrogen-bond acceptors (Lipinski definition) is 3. The average molecular weight is 315 g/mol. The van der Waals surface area contributed by atoms with E-state index in [1.165, 1.54) is 12.1 Å². The fourth-order valence-corrected chi connectivity index (χ4v) is 3.26. The van der Waals surface area contributed by atoms with Gasteiger partial charge in [-0.15, -0.1) is 0 Å². The smallest absolute Gasteiger partial charge is 0.274 e. The maximum atomic E-state index is 13.5. The van der Waals surface area contributed by atoms with Gasteiger partial charge in [0.2, 0.25) is 0 Å². The number of likely N-dealkylation sites (tertiary alicyclic amines) is 1. The first-order valence-electron chi connectivity index (χ1n) is 7.91. The highest BCUT2D eigenvalue weighted by Gasteiger charge is 2.37. The quantitative estimate of drug-likeness (QED) is 0.913. The summed E-state index contributed by atoms with van der Waals surface area (Å²) in [6.07, 6.45) is 2.07. The number of nitrogens with zero attached hydrogens (tertiary/aromatic N) is 2. The Hall–Kier alpha value is -2.21. The molecule has 6 heteroatoms. The van der Waals surface area contributed by atoms with E-state index in [-0.39, 0.29) is 24.3 Å². The lowest BCUT2D eigenvalue weighted by atomic mass is 10.0. The number of H-pyrrole nitrogens is 1. The van der Waals surface area contributed by atoms with Crippen molar-refractivity contribution < 1.29 is 14.3 Å². The Bertz CT molecular complexity index is 741. The molecule has 1 aliphatic carbocycles. The summed E-state index contributed by atoms with van der Waals surface area (Å²) in [7, 11) is 0. The Morgan fingerprint density at radius 3 is 2.91 bits per heavy atom. The Balaban J connectivity index is 1.60. The maximum absolute atomic E-state index is 13.5. The minimum Gasteiger partial charge on any atom is -0.391 e. The minimum absolute atomic E-state index is 0.223. The number of aromatic amines is 1. The highest BCUT2D eigenvalue weighted by molar-refractivity contribution is 5.93. The molecule has 2 atom stereocenters. The third kappa shape index (κ3) is 2.74. The van der Waals surface area contributed by atoms with Crippen LogP contribution >= 0.6 is 0 Å². The third-order valence-corrected chi connectivity index (χ3v) is 4.61. The van der Waals surface area contributed by atoms with Crippen LogP contribution in [0.1, 0.15) is 53.0 Å². The SMILES string of the molecule is O=C(c1cc(C2CC2)[nH]n1)N1C[C@H](O)C[C@H]1c1cccc(F)c1. The second kappa shape index (κ2) is 5.45. The topological polar surface area (TPSA) is 69.2 Å². The van der Waals surface area contributed by atoms with E-state index in [0.29, 0.717) is 23.6 Å². The summed E-state index contributed by atoms with van der Waals surface area (Å²) in [6.45, 7) is 0.242. The lowest BCUT2D eigenvalue weighted by Gasteiger charge is -2.24. The van der Waals surface area contributed by atoms with Gasteiger partial charge in [-0.3, -0.25) is 9.89 Å². The molecule has 0 bridgehead atoms. The van der Waals surface area contributed by atoms with E-state index in [9.17, 15) is 14.3 Å². The predicted octanol–water partition coefficient (Wildman–Crippen LogP) is 2.37. The molecule has 0 radical (unpaired) electrons. The van der Waals surface area contributed by atoms with E-state index < -0.39 is 6.10 Å². The van der Waals surface area contributed by atoms with Gasteiger partial charge in [0.15, 0.2) is 0 Å². The van der Waals surface area contributed by atoms with Gasteiger partial charge in [0.05, 0.1) is 12.1 Å². The lowest BCUT2D eigenvalue weighted by molar-refractivity contribution is 0.0709. The normalized spacial score (nSPS) is 24.2. The van der Waals surface area contributed by atoms with Gasteiger partial charge in [0.1, 0.15) is 11.5 Å². The van der Waals surface area contributed by atoms with Gasteiger partial charge in [-0.1, -0.05) is 12.1 Å². The largest absolute Gasteiger partial charge is 0.391 e. The van der Waals surface area contributed by atoms with Crippen molar-refractivity contribution >= 4 is 5.91 Å². The van der Waals surface area contributed by atoms with Crippen LogP contribution in [0.5, 0.6) is 0 Å². The number of carbonyl (C=O) groups is 1. The van der Waals surface area contributed by atoms with Crippen LogP contribution < -0.4 is 0 Å². The van der Waals surface area contributed by atoms with E-state index in [2.05, 4.69) is 10.2 Å². The molecule has 0 unspecified atom stereocenters. The Kier molecular flexibility index (Phi) is 3.41. The van der Waals surface area contributed by atoms with Gasteiger partial charge in [-0.05, 0) is 43.0 Å². The van der Waals surface area contributed by atoms with E-state index in [0.717, 1.165) is 18.5 Å². The standard InChI is InChI=1S/C17H18FN3O2/c18-12-3-1-2-11(6-12)16-7-13(22)9-21(16)17(23)15-8-14(19-20-15)10-4-5-10/h1-3,6,8,10,13,16,22H,4-5,7,9H2,(H,19,20)/t13-,16+/m1/s1. The van der Waals surface area contributed by atoms with E-state index in [4.69, 9.17) is 0 Å². The molecule has 1 aromatic heterocycles. The summed E-state index contributed by atoms with van der Waals surface area (Å²) >= 11 is 0. The average Bonchev–Trinajstić information content (AvgIpc) is 3.13. The number of β-amino-alcohol motifs (C(OH)–C–C–N with tert-alkyl or cyclic N) is 1. The summed E-state index contributed by atoms with van der Waals surface area (Å²) in [5.41, 5.74) is 2.06. The number of hydrogen-bond donors (Lipinski definition) is 2. The fraction of sp³-hybridized carbons (Fsp3) is 0.412. The van der Waals surface area contributed by atoms with Crippen LogP contribution in [-0.2, 0) is 0 Å². The number of rotatable bonds is 3. The zero-order valence-corrected chi connectivity index (χ0v) is 12.6. The second-order valence-electron chi connectivity index (χ2n) is 6.40. The van der Waals surface area contributed by atoms with Crippen molar-refractivity contribution in [2.24, 2.45) is 0 Å². The number of aliphatic hydroxyl groups excluding tert-OH is 1. The first kappa shape index (κ1) is 14.4. The van der Waals surface area contributed by atoms with Crippen LogP contribution in [-0.4, -0.2) is 38.8 Å². The number of halogens is 1. The van der Waals surface area contributed by atoms with Gasteiger partial charge in [0.25, 0.3) is 5.91 Å². The highest BCUT2D eigenvalue weighted by Crippen LogP contribution is 2.39. The van der Waals surface area contributed by atoms with Gasteiger partial charge in [0, 0.05) is 18.2 Å². The molecule has 1 aliphatic heterocycles. The molecule has 2 N–H and O–H groups in total. The molecule has 0 spiro atoms. The molecule has 120 valence electrons. The molecule has 2 aromatic rings.